The Kier molecular flexibility index (Phi) is 2.36. The minimum atomic E-state index is 0.747. The van der Waals surface area contributed by atoms with Crippen molar-refractivity contribution in [1.29, 1.82) is 0 Å². The van der Waals surface area contributed by atoms with E-state index in [1.165, 1.54) is 6.33 Å². The van der Waals surface area contributed by atoms with E-state index < -0.39 is 0 Å². The summed E-state index contributed by atoms with van der Waals surface area (Å²) in [4.78, 5) is 12.1. The highest BCUT2D eigenvalue weighted by molar-refractivity contribution is 5.50. The third kappa shape index (κ3) is 2.04. The Hall–Kier alpha value is -1.97. The molecule has 0 saturated carbocycles. The summed E-state index contributed by atoms with van der Waals surface area (Å²) in [5.41, 5.74) is 1.14. The summed E-state index contributed by atoms with van der Waals surface area (Å²) < 4.78 is 0. The largest absolute Gasteiger partial charge is 0.325 e. The van der Waals surface area contributed by atoms with Crippen molar-refractivity contribution in [3.63, 3.8) is 0 Å². The van der Waals surface area contributed by atoms with Crippen LogP contribution in [0.25, 0.3) is 0 Å². The SMILES string of the molecule is Cc1ccc(Nc2ccncn2)nc1. The van der Waals surface area contributed by atoms with Crippen molar-refractivity contribution < 1.29 is 0 Å². The number of hydrogen-bond acceptors (Lipinski definition) is 4. The maximum Gasteiger partial charge on any atom is 0.134 e. The van der Waals surface area contributed by atoms with Gasteiger partial charge < -0.3 is 5.32 Å². The molecule has 0 spiro atoms. The fourth-order valence-electron chi connectivity index (χ4n) is 1.04. The van der Waals surface area contributed by atoms with E-state index in [9.17, 15) is 0 Å². The summed E-state index contributed by atoms with van der Waals surface area (Å²) in [5, 5.41) is 3.07. The molecule has 2 rings (SSSR count). The lowest BCUT2D eigenvalue weighted by atomic mass is 10.3. The van der Waals surface area contributed by atoms with Crippen molar-refractivity contribution in [2.45, 2.75) is 6.92 Å². The highest BCUT2D eigenvalue weighted by Gasteiger charge is 1.94. The van der Waals surface area contributed by atoms with E-state index in [0.717, 1.165) is 17.2 Å². The second-order valence-electron chi connectivity index (χ2n) is 2.94. The molecule has 0 bridgehead atoms. The van der Waals surface area contributed by atoms with Crippen molar-refractivity contribution in [3.8, 4) is 0 Å². The smallest absolute Gasteiger partial charge is 0.134 e. The van der Waals surface area contributed by atoms with Crippen molar-refractivity contribution in [3.05, 3.63) is 42.5 Å². The molecular weight excluding hydrogens is 176 g/mol. The fraction of sp³-hybridized carbons (Fsp3) is 0.100. The minimum absolute atomic E-state index is 0.747. The number of nitrogens with zero attached hydrogens (tertiary/aromatic N) is 3. The third-order valence-electron chi connectivity index (χ3n) is 1.75. The van der Waals surface area contributed by atoms with E-state index in [4.69, 9.17) is 0 Å². The van der Waals surface area contributed by atoms with Crippen LogP contribution in [0.2, 0.25) is 0 Å². The standard InChI is InChI=1S/C10H10N4/c1-8-2-3-9(12-6-8)14-10-4-5-11-7-13-10/h2-7H,1H3,(H,11,12,13,14). The van der Waals surface area contributed by atoms with Crippen LogP contribution in [-0.2, 0) is 0 Å². The summed E-state index contributed by atoms with van der Waals surface area (Å²) in [6.45, 7) is 2.00. The normalized spacial score (nSPS) is 9.79. The van der Waals surface area contributed by atoms with E-state index in [1.807, 2.05) is 25.3 Å². The van der Waals surface area contributed by atoms with Gasteiger partial charge in [0.25, 0.3) is 0 Å². The number of aryl methyl sites for hydroxylation is 1. The second-order valence-corrected chi connectivity index (χ2v) is 2.94. The number of aromatic nitrogens is 3. The lowest BCUT2D eigenvalue weighted by molar-refractivity contribution is 1.15. The fourth-order valence-corrected chi connectivity index (χ4v) is 1.04. The van der Waals surface area contributed by atoms with Gasteiger partial charge in [0.2, 0.25) is 0 Å². The molecule has 0 aliphatic carbocycles. The third-order valence-corrected chi connectivity index (χ3v) is 1.75. The van der Waals surface area contributed by atoms with Crippen molar-refractivity contribution >= 4 is 11.6 Å². The molecule has 2 aromatic heterocycles. The van der Waals surface area contributed by atoms with Crippen LogP contribution in [0.3, 0.4) is 0 Å². The number of nitrogens with one attached hydrogen (secondary N) is 1. The molecule has 4 nitrogen and oxygen atoms in total. The van der Waals surface area contributed by atoms with Gasteiger partial charge in [0.1, 0.15) is 18.0 Å². The maximum atomic E-state index is 4.20. The molecule has 70 valence electrons. The van der Waals surface area contributed by atoms with Gasteiger partial charge in [0, 0.05) is 12.4 Å². The molecule has 0 aliphatic heterocycles. The highest BCUT2D eigenvalue weighted by atomic mass is 15.1. The number of hydrogen-bond donors (Lipinski definition) is 1. The molecule has 0 radical (unpaired) electrons. The second kappa shape index (κ2) is 3.83. The van der Waals surface area contributed by atoms with E-state index in [1.54, 1.807) is 12.3 Å². The molecule has 0 fully saturated rings. The van der Waals surface area contributed by atoms with Crippen LogP contribution < -0.4 is 5.32 Å². The summed E-state index contributed by atoms with van der Waals surface area (Å²) in [7, 11) is 0. The first-order chi connectivity index (χ1) is 6.84. The van der Waals surface area contributed by atoms with Crippen LogP contribution in [0.4, 0.5) is 11.6 Å². The lowest BCUT2D eigenvalue weighted by Crippen LogP contribution is -1.95. The van der Waals surface area contributed by atoms with Gasteiger partial charge in [0.05, 0.1) is 0 Å². The zero-order valence-corrected chi connectivity index (χ0v) is 7.81. The molecule has 1 N–H and O–H groups in total. The van der Waals surface area contributed by atoms with Crippen molar-refractivity contribution in [1.82, 2.24) is 15.0 Å². The van der Waals surface area contributed by atoms with Crippen molar-refractivity contribution in [2.24, 2.45) is 0 Å². The van der Waals surface area contributed by atoms with E-state index >= 15 is 0 Å². The van der Waals surface area contributed by atoms with Gasteiger partial charge >= 0.3 is 0 Å². The Labute approximate surface area is 82.1 Å². The van der Waals surface area contributed by atoms with Gasteiger partial charge in [-0.1, -0.05) is 6.07 Å². The maximum absolute atomic E-state index is 4.20. The molecule has 0 saturated heterocycles. The molecule has 0 amide bonds. The Bertz CT molecular complexity index is 396. The summed E-state index contributed by atoms with van der Waals surface area (Å²) in [6.07, 6.45) is 4.99. The molecule has 0 aromatic carbocycles. The molecule has 2 heterocycles. The van der Waals surface area contributed by atoms with Crippen LogP contribution in [0.15, 0.2) is 36.9 Å². The van der Waals surface area contributed by atoms with Gasteiger partial charge in [-0.05, 0) is 24.6 Å². The first-order valence-electron chi connectivity index (χ1n) is 4.30. The Morgan fingerprint density at radius 2 is 1.93 bits per heavy atom. The molecule has 0 unspecified atom stereocenters. The van der Waals surface area contributed by atoms with Gasteiger partial charge in [0.15, 0.2) is 0 Å². The summed E-state index contributed by atoms with van der Waals surface area (Å²) >= 11 is 0. The quantitative estimate of drug-likeness (QED) is 0.778. The Balaban J connectivity index is 2.16. The average molecular weight is 186 g/mol. The van der Waals surface area contributed by atoms with Gasteiger partial charge in [-0.3, -0.25) is 0 Å². The van der Waals surface area contributed by atoms with Crippen LogP contribution >= 0.6 is 0 Å². The van der Waals surface area contributed by atoms with Crippen LogP contribution in [-0.4, -0.2) is 15.0 Å². The van der Waals surface area contributed by atoms with Gasteiger partial charge in [-0.15, -0.1) is 0 Å². The van der Waals surface area contributed by atoms with Crippen LogP contribution in [0.5, 0.6) is 0 Å². The first kappa shape index (κ1) is 8.62. The van der Waals surface area contributed by atoms with Crippen molar-refractivity contribution in [2.75, 3.05) is 5.32 Å². The van der Waals surface area contributed by atoms with Crippen LogP contribution in [0.1, 0.15) is 5.56 Å². The predicted molar refractivity (Wildman–Crippen MR) is 54.3 cm³/mol. The molecule has 4 heteroatoms. The highest BCUT2D eigenvalue weighted by Crippen LogP contribution is 2.10. The minimum Gasteiger partial charge on any atom is -0.325 e. The topological polar surface area (TPSA) is 50.7 Å². The molecule has 0 atom stereocenters. The monoisotopic (exact) mass is 186 g/mol. The molecule has 2 aromatic rings. The van der Waals surface area contributed by atoms with Gasteiger partial charge in [-0.25, -0.2) is 15.0 Å². The zero-order valence-electron chi connectivity index (χ0n) is 7.81. The summed E-state index contributed by atoms with van der Waals surface area (Å²) in [6, 6.07) is 5.70. The lowest BCUT2D eigenvalue weighted by Gasteiger charge is -2.03. The van der Waals surface area contributed by atoms with E-state index in [2.05, 4.69) is 20.3 Å². The first-order valence-corrected chi connectivity index (χ1v) is 4.30. The predicted octanol–water partition coefficient (Wildman–Crippen LogP) is 1.92. The van der Waals surface area contributed by atoms with E-state index in [0.29, 0.717) is 0 Å². The van der Waals surface area contributed by atoms with Gasteiger partial charge in [-0.2, -0.15) is 0 Å². The number of anilines is 2. The molecule has 0 aliphatic rings. The Morgan fingerprint density at radius 3 is 2.57 bits per heavy atom. The number of pyridine rings is 1. The summed E-state index contributed by atoms with van der Waals surface area (Å²) in [5.74, 6) is 1.53. The van der Waals surface area contributed by atoms with E-state index in [-0.39, 0.29) is 0 Å². The zero-order chi connectivity index (χ0) is 9.80. The molecule has 14 heavy (non-hydrogen) atoms. The Morgan fingerprint density at radius 1 is 1.07 bits per heavy atom. The number of rotatable bonds is 2. The van der Waals surface area contributed by atoms with Crippen LogP contribution in [0, 0.1) is 6.92 Å². The molecular formula is C10H10N4. The average Bonchev–Trinajstić information content (AvgIpc) is 2.23.